The van der Waals surface area contributed by atoms with Crippen LogP contribution >= 0.6 is 0 Å². The van der Waals surface area contributed by atoms with E-state index in [-0.39, 0.29) is 0 Å². The van der Waals surface area contributed by atoms with E-state index in [4.69, 9.17) is 0 Å². The lowest BCUT2D eigenvalue weighted by Gasteiger charge is -2.29. The summed E-state index contributed by atoms with van der Waals surface area (Å²) in [4.78, 5) is 0. The van der Waals surface area contributed by atoms with Crippen molar-refractivity contribution in [1.29, 1.82) is 0 Å². The summed E-state index contributed by atoms with van der Waals surface area (Å²) < 4.78 is 0. The molecule has 1 saturated carbocycles. The third kappa shape index (κ3) is 4.85. The fraction of sp³-hybridized carbons (Fsp3) is 0.684. The monoisotopic (exact) mass is 273 g/mol. The summed E-state index contributed by atoms with van der Waals surface area (Å²) in [6.45, 7) is 4.56. The van der Waals surface area contributed by atoms with Gasteiger partial charge in [-0.15, -0.1) is 0 Å². The average Bonchev–Trinajstić information content (AvgIpc) is 2.49. The molecule has 1 aliphatic rings. The van der Waals surface area contributed by atoms with Crippen LogP contribution in [0.15, 0.2) is 24.3 Å². The molecule has 1 fully saturated rings. The van der Waals surface area contributed by atoms with Gasteiger partial charge in [0.15, 0.2) is 0 Å². The van der Waals surface area contributed by atoms with Crippen LogP contribution in [0.25, 0.3) is 0 Å². The first-order chi connectivity index (χ1) is 9.81. The second-order valence-electron chi connectivity index (χ2n) is 6.45. The molecule has 1 aromatic carbocycles. The molecule has 0 heterocycles. The van der Waals surface area contributed by atoms with Gasteiger partial charge in [-0.25, -0.2) is 0 Å². The van der Waals surface area contributed by atoms with Gasteiger partial charge in [0.05, 0.1) is 0 Å². The maximum absolute atomic E-state index is 3.73. The maximum Gasteiger partial charge on any atom is 0.0342 e. The van der Waals surface area contributed by atoms with E-state index >= 15 is 0 Å². The zero-order valence-corrected chi connectivity index (χ0v) is 13.3. The number of unbranched alkanes of at least 4 members (excludes halogenated alkanes) is 1. The Labute approximate surface area is 125 Å². The van der Waals surface area contributed by atoms with Gasteiger partial charge in [0.25, 0.3) is 0 Å². The third-order valence-corrected chi connectivity index (χ3v) is 4.69. The van der Waals surface area contributed by atoms with E-state index in [0.29, 0.717) is 6.04 Å². The first-order valence-electron chi connectivity index (χ1n) is 8.67. The highest BCUT2D eigenvalue weighted by atomic mass is 14.9. The summed E-state index contributed by atoms with van der Waals surface area (Å²) in [5.74, 6) is 0.995. The number of aryl methyl sites for hydroxylation is 1. The van der Waals surface area contributed by atoms with Gasteiger partial charge in [-0.1, -0.05) is 45.2 Å². The zero-order valence-electron chi connectivity index (χ0n) is 13.3. The molecule has 0 bridgehead atoms. The Hall–Kier alpha value is -0.980. The lowest BCUT2D eigenvalue weighted by atomic mass is 9.83. The van der Waals surface area contributed by atoms with Gasteiger partial charge >= 0.3 is 0 Å². The quantitative estimate of drug-likeness (QED) is 0.662. The average molecular weight is 273 g/mol. The normalized spacial score (nSPS) is 22.7. The van der Waals surface area contributed by atoms with Gasteiger partial charge in [0.2, 0.25) is 0 Å². The molecule has 2 rings (SSSR count). The summed E-state index contributed by atoms with van der Waals surface area (Å²) in [5.41, 5.74) is 2.79. The van der Waals surface area contributed by atoms with Crippen molar-refractivity contribution in [2.24, 2.45) is 5.92 Å². The molecule has 0 saturated heterocycles. The number of nitrogens with one attached hydrogen (secondary N) is 1. The zero-order chi connectivity index (χ0) is 14.2. The summed E-state index contributed by atoms with van der Waals surface area (Å²) >= 11 is 0. The molecule has 1 aromatic rings. The Morgan fingerprint density at radius 3 is 2.25 bits per heavy atom. The van der Waals surface area contributed by atoms with Crippen LogP contribution in [-0.4, -0.2) is 6.04 Å². The number of hydrogen-bond donors (Lipinski definition) is 1. The highest BCUT2D eigenvalue weighted by molar-refractivity contribution is 5.45. The van der Waals surface area contributed by atoms with Crippen LogP contribution in [0.5, 0.6) is 0 Å². The lowest BCUT2D eigenvalue weighted by Crippen LogP contribution is -2.26. The predicted octanol–water partition coefficient (Wildman–Crippen LogP) is 5.80. The van der Waals surface area contributed by atoms with Crippen molar-refractivity contribution in [2.45, 2.75) is 77.7 Å². The second-order valence-corrected chi connectivity index (χ2v) is 6.45. The van der Waals surface area contributed by atoms with Crippen molar-refractivity contribution in [3.63, 3.8) is 0 Å². The topological polar surface area (TPSA) is 12.0 Å². The van der Waals surface area contributed by atoms with Crippen molar-refractivity contribution in [1.82, 2.24) is 0 Å². The molecule has 0 aromatic heterocycles. The highest BCUT2D eigenvalue weighted by Crippen LogP contribution is 2.29. The molecular formula is C19H31N. The summed E-state index contributed by atoms with van der Waals surface area (Å²) in [7, 11) is 0. The van der Waals surface area contributed by atoms with Crippen molar-refractivity contribution >= 4 is 5.69 Å². The van der Waals surface area contributed by atoms with Crippen LogP contribution in [0, 0.1) is 5.92 Å². The van der Waals surface area contributed by atoms with Crippen LogP contribution < -0.4 is 5.32 Å². The molecule has 112 valence electrons. The molecule has 0 spiro atoms. The predicted molar refractivity (Wildman–Crippen MR) is 89.3 cm³/mol. The fourth-order valence-corrected chi connectivity index (χ4v) is 3.39. The minimum atomic E-state index is 0.699. The summed E-state index contributed by atoms with van der Waals surface area (Å²) in [6, 6.07) is 9.82. The molecule has 20 heavy (non-hydrogen) atoms. The van der Waals surface area contributed by atoms with E-state index < -0.39 is 0 Å². The van der Waals surface area contributed by atoms with E-state index in [9.17, 15) is 0 Å². The van der Waals surface area contributed by atoms with Crippen LogP contribution in [0.4, 0.5) is 5.69 Å². The van der Waals surface area contributed by atoms with Gasteiger partial charge in [-0.05, 0) is 62.1 Å². The van der Waals surface area contributed by atoms with Crippen LogP contribution in [-0.2, 0) is 6.42 Å². The van der Waals surface area contributed by atoms with Crippen molar-refractivity contribution in [2.75, 3.05) is 5.32 Å². The van der Waals surface area contributed by atoms with Gasteiger partial charge in [0.1, 0.15) is 0 Å². The number of rotatable bonds is 7. The molecule has 1 N–H and O–H groups in total. The Bertz CT molecular complexity index is 360. The number of anilines is 1. The Balaban J connectivity index is 1.76. The fourth-order valence-electron chi connectivity index (χ4n) is 3.39. The highest BCUT2D eigenvalue weighted by Gasteiger charge is 2.20. The number of hydrogen-bond acceptors (Lipinski definition) is 1. The molecule has 0 aliphatic heterocycles. The molecular weight excluding hydrogens is 242 g/mol. The largest absolute Gasteiger partial charge is 0.382 e. The minimum Gasteiger partial charge on any atom is -0.382 e. The third-order valence-electron chi connectivity index (χ3n) is 4.69. The van der Waals surface area contributed by atoms with Crippen molar-refractivity contribution in [3.8, 4) is 0 Å². The van der Waals surface area contributed by atoms with Crippen molar-refractivity contribution in [3.05, 3.63) is 29.8 Å². The lowest BCUT2D eigenvalue weighted by molar-refractivity contribution is 0.319. The van der Waals surface area contributed by atoms with E-state index in [1.807, 2.05) is 0 Å². The van der Waals surface area contributed by atoms with E-state index in [2.05, 4.69) is 43.4 Å². The summed E-state index contributed by atoms with van der Waals surface area (Å²) in [6.07, 6.45) is 12.1. The minimum absolute atomic E-state index is 0.699. The van der Waals surface area contributed by atoms with Crippen LogP contribution in [0.2, 0.25) is 0 Å². The molecule has 0 unspecified atom stereocenters. The van der Waals surface area contributed by atoms with Gasteiger partial charge in [-0.3, -0.25) is 0 Å². The summed E-state index contributed by atoms with van der Waals surface area (Å²) in [5, 5.41) is 3.73. The first-order valence-corrected chi connectivity index (χ1v) is 8.67. The first kappa shape index (κ1) is 15.4. The van der Waals surface area contributed by atoms with E-state index in [1.165, 1.54) is 69.0 Å². The van der Waals surface area contributed by atoms with Gasteiger partial charge in [-0.2, -0.15) is 0 Å². The van der Waals surface area contributed by atoms with E-state index in [1.54, 1.807) is 0 Å². The molecule has 1 nitrogen and oxygen atoms in total. The Kier molecular flexibility index (Phi) is 6.42. The molecule has 0 amide bonds. The SMILES string of the molecule is CCCCc1ccc(NC2CCC(CCC)CC2)cc1. The Morgan fingerprint density at radius 1 is 0.950 bits per heavy atom. The molecule has 1 heteroatoms. The molecule has 1 aliphatic carbocycles. The van der Waals surface area contributed by atoms with Gasteiger partial charge < -0.3 is 5.32 Å². The maximum atomic E-state index is 3.73. The van der Waals surface area contributed by atoms with Crippen LogP contribution in [0.1, 0.15) is 70.8 Å². The molecule has 0 atom stereocenters. The van der Waals surface area contributed by atoms with Crippen LogP contribution in [0.3, 0.4) is 0 Å². The van der Waals surface area contributed by atoms with E-state index in [0.717, 1.165) is 5.92 Å². The van der Waals surface area contributed by atoms with Gasteiger partial charge in [0, 0.05) is 11.7 Å². The smallest absolute Gasteiger partial charge is 0.0342 e. The number of benzene rings is 1. The molecule has 0 radical (unpaired) electrons. The second kappa shape index (κ2) is 8.34. The standard InChI is InChI=1S/C19H31N/c1-3-5-7-17-10-14-19(15-11-17)20-18-12-8-16(6-4-2)9-13-18/h10-11,14-16,18,20H,3-9,12-13H2,1-2H3. The Morgan fingerprint density at radius 2 is 1.65 bits per heavy atom. The van der Waals surface area contributed by atoms with Crippen molar-refractivity contribution < 1.29 is 0 Å².